The van der Waals surface area contributed by atoms with Gasteiger partial charge >= 0.3 is 0 Å². The number of para-hydroxylation sites is 1. The van der Waals surface area contributed by atoms with Gasteiger partial charge in [0.2, 0.25) is 0 Å². The zero-order valence-electron chi connectivity index (χ0n) is 12.9. The Morgan fingerprint density at radius 2 is 1.87 bits per heavy atom. The summed E-state index contributed by atoms with van der Waals surface area (Å²) in [6.07, 6.45) is 1.60. The SMILES string of the molecule is Cc1ccc(NC(=O)c2cnn(-c3ccccc3)c2C)c(Br)c1. The van der Waals surface area contributed by atoms with Crippen LogP contribution in [-0.2, 0) is 0 Å². The van der Waals surface area contributed by atoms with E-state index in [1.807, 2.05) is 62.4 Å². The van der Waals surface area contributed by atoms with Crippen LogP contribution in [0.4, 0.5) is 5.69 Å². The molecule has 0 saturated carbocycles. The zero-order valence-corrected chi connectivity index (χ0v) is 14.5. The van der Waals surface area contributed by atoms with Crippen LogP contribution in [-0.4, -0.2) is 15.7 Å². The lowest BCUT2D eigenvalue weighted by Gasteiger charge is -2.08. The fraction of sp³-hybridized carbons (Fsp3) is 0.111. The first-order valence-corrected chi connectivity index (χ1v) is 8.03. The van der Waals surface area contributed by atoms with Crippen molar-refractivity contribution >= 4 is 27.5 Å². The molecule has 23 heavy (non-hydrogen) atoms. The van der Waals surface area contributed by atoms with Gasteiger partial charge in [0.05, 0.1) is 28.8 Å². The maximum absolute atomic E-state index is 12.5. The lowest BCUT2D eigenvalue weighted by Crippen LogP contribution is -2.13. The quantitative estimate of drug-likeness (QED) is 0.738. The van der Waals surface area contributed by atoms with Crippen molar-refractivity contribution in [1.29, 1.82) is 0 Å². The van der Waals surface area contributed by atoms with Gasteiger partial charge in [-0.05, 0) is 59.6 Å². The summed E-state index contributed by atoms with van der Waals surface area (Å²) in [5, 5.41) is 7.25. The molecule has 0 aliphatic carbocycles. The van der Waals surface area contributed by atoms with Crippen molar-refractivity contribution in [2.24, 2.45) is 0 Å². The number of nitrogens with one attached hydrogen (secondary N) is 1. The Morgan fingerprint density at radius 3 is 2.57 bits per heavy atom. The van der Waals surface area contributed by atoms with Crippen molar-refractivity contribution in [2.75, 3.05) is 5.32 Å². The Hall–Kier alpha value is -2.40. The number of hydrogen-bond donors (Lipinski definition) is 1. The van der Waals surface area contributed by atoms with Gasteiger partial charge in [-0.1, -0.05) is 24.3 Å². The molecule has 0 radical (unpaired) electrons. The van der Waals surface area contributed by atoms with Crippen molar-refractivity contribution in [2.45, 2.75) is 13.8 Å². The van der Waals surface area contributed by atoms with Crippen molar-refractivity contribution in [3.05, 3.63) is 76.0 Å². The molecule has 0 bridgehead atoms. The molecular weight excluding hydrogens is 354 g/mol. The summed E-state index contributed by atoms with van der Waals surface area (Å²) in [6.45, 7) is 3.89. The average Bonchev–Trinajstić information content (AvgIpc) is 2.92. The predicted molar refractivity (Wildman–Crippen MR) is 95.1 cm³/mol. The average molecular weight is 370 g/mol. The van der Waals surface area contributed by atoms with Crippen LogP contribution in [0, 0.1) is 13.8 Å². The lowest BCUT2D eigenvalue weighted by molar-refractivity contribution is 0.102. The number of carbonyl (C=O) groups excluding carboxylic acids is 1. The van der Waals surface area contributed by atoms with Crippen molar-refractivity contribution in [3.8, 4) is 5.69 Å². The van der Waals surface area contributed by atoms with Crippen LogP contribution in [0.2, 0.25) is 0 Å². The van der Waals surface area contributed by atoms with E-state index in [1.165, 1.54) is 0 Å². The van der Waals surface area contributed by atoms with Crippen molar-refractivity contribution in [1.82, 2.24) is 9.78 Å². The van der Waals surface area contributed by atoms with E-state index in [9.17, 15) is 4.79 Å². The molecule has 4 nitrogen and oxygen atoms in total. The Bertz CT molecular complexity index is 856. The van der Waals surface area contributed by atoms with Crippen LogP contribution in [0.5, 0.6) is 0 Å². The maximum Gasteiger partial charge on any atom is 0.259 e. The fourth-order valence-electron chi connectivity index (χ4n) is 2.37. The molecule has 0 fully saturated rings. The molecule has 116 valence electrons. The number of aromatic nitrogens is 2. The first kappa shape index (κ1) is 15.5. The number of hydrogen-bond acceptors (Lipinski definition) is 2. The van der Waals surface area contributed by atoms with Crippen LogP contribution in [0.15, 0.2) is 59.2 Å². The summed E-state index contributed by atoms with van der Waals surface area (Å²) in [5.74, 6) is -0.172. The monoisotopic (exact) mass is 369 g/mol. The molecule has 0 saturated heterocycles. The highest BCUT2D eigenvalue weighted by molar-refractivity contribution is 9.10. The Labute approximate surface area is 143 Å². The molecule has 1 heterocycles. The number of carbonyl (C=O) groups is 1. The molecule has 3 aromatic rings. The second-order valence-electron chi connectivity index (χ2n) is 5.33. The van der Waals surface area contributed by atoms with Gasteiger partial charge in [0, 0.05) is 4.47 Å². The third kappa shape index (κ3) is 3.19. The van der Waals surface area contributed by atoms with Crippen molar-refractivity contribution in [3.63, 3.8) is 0 Å². The van der Waals surface area contributed by atoms with E-state index in [0.717, 1.165) is 27.1 Å². The van der Waals surface area contributed by atoms with E-state index in [-0.39, 0.29) is 5.91 Å². The fourth-order valence-corrected chi connectivity index (χ4v) is 2.97. The molecule has 0 unspecified atom stereocenters. The highest BCUT2D eigenvalue weighted by atomic mass is 79.9. The first-order valence-electron chi connectivity index (χ1n) is 7.24. The van der Waals surface area contributed by atoms with Crippen LogP contribution in [0.3, 0.4) is 0 Å². The molecule has 3 rings (SSSR count). The van der Waals surface area contributed by atoms with Gasteiger partial charge in [0.25, 0.3) is 5.91 Å². The predicted octanol–water partition coefficient (Wildman–Crippen LogP) is 4.50. The normalized spacial score (nSPS) is 10.6. The van der Waals surface area contributed by atoms with Crippen LogP contribution in [0.25, 0.3) is 5.69 Å². The maximum atomic E-state index is 12.5. The molecule has 2 aromatic carbocycles. The summed E-state index contributed by atoms with van der Waals surface area (Å²) >= 11 is 3.47. The summed E-state index contributed by atoms with van der Waals surface area (Å²) in [6, 6.07) is 15.6. The minimum Gasteiger partial charge on any atom is -0.321 e. The van der Waals surface area contributed by atoms with Gasteiger partial charge in [-0.2, -0.15) is 5.10 Å². The van der Waals surface area contributed by atoms with E-state index in [0.29, 0.717) is 5.56 Å². The van der Waals surface area contributed by atoms with E-state index in [4.69, 9.17) is 0 Å². The molecule has 0 aliphatic heterocycles. The van der Waals surface area contributed by atoms with E-state index >= 15 is 0 Å². The molecule has 1 N–H and O–H groups in total. The van der Waals surface area contributed by atoms with Gasteiger partial charge in [-0.25, -0.2) is 4.68 Å². The molecular formula is C18H16BrN3O. The van der Waals surface area contributed by atoms with E-state index in [2.05, 4.69) is 26.3 Å². The van der Waals surface area contributed by atoms with Gasteiger partial charge < -0.3 is 5.32 Å². The van der Waals surface area contributed by atoms with E-state index < -0.39 is 0 Å². The third-order valence-electron chi connectivity index (χ3n) is 3.63. The first-order chi connectivity index (χ1) is 11.1. The molecule has 0 aliphatic rings. The van der Waals surface area contributed by atoms with Crippen LogP contribution >= 0.6 is 15.9 Å². The second-order valence-corrected chi connectivity index (χ2v) is 6.18. The number of anilines is 1. The zero-order chi connectivity index (χ0) is 16.4. The highest BCUT2D eigenvalue weighted by Crippen LogP contribution is 2.24. The summed E-state index contributed by atoms with van der Waals surface area (Å²) < 4.78 is 2.62. The molecule has 1 amide bonds. The minimum atomic E-state index is -0.172. The Morgan fingerprint density at radius 1 is 1.13 bits per heavy atom. The summed E-state index contributed by atoms with van der Waals surface area (Å²) in [4.78, 5) is 12.5. The van der Waals surface area contributed by atoms with Gasteiger partial charge in [0.15, 0.2) is 0 Å². The largest absolute Gasteiger partial charge is 0.321 e. The molecule has 5 heteroatoms. The number of aryl methyl sites for hydroxylation is 1. The van der Waals surface area contributed by atoms with Crippen LogP contribution < -0.4 is 5.32 Å². The number of halogens is 1. The minimum absolute atomic E-state index is 0.172. The molecule has 0 atom stereocenters. The number of nitrogens with zero attached hydrogens (tertiary/aromatic N) is 2. The molecule has 0 spiro atoms. The Balaban J connectivity index is 1.88. The number of benzene rings is 2. The standard InChI is InChI=1S/C18H16BrN3O/c1-12-8-9-17(16(19)10-12)21-18(23)15-11-20-22(13(15)2)14-6-4-3-5-7-14/h3-11H,1-2H3,(H,21,23). The number of amides is 1. The third-order valence-corrected chi connectivity index (χ3v) is 4.28. The smallest absolute Gasteiger partial charge is 0.259 e. The van der Waals surface area contributed by atoms with Crippen molar-refractivity contribution < 1.29 is 4.79 Å². The second kappa shape index (κ2) is 6.38. The lowest BCUT2D eigenvalue weighted by atomic mass is 10.2. The Kier molecular flexibility index (Phi) is 4.30. The van der Waals surface area contributed by atoms with E-state index in [1.54, 1.807) is 10.9 Å². The van der Waals surface area contributed by atoms with Gasteiger partial charge in [-0.15, -0.1) is 0 Å². The van der Waals surface area contributed by atoms with Crippen LogP contribution in [0.1, 0.15) is 21.6 Å². The highest BCUT2D eigenvalue weighted by Gasteiger charge is 2.16. The summed E-state index contributed by atoms with van der Waals surface area (Å²) in [7, 11) is 0. The number of rotatable bonds is 3. The topological polar surface area (TPSA) is 46.9 Å². The molecule has 1 aromatic heterocycles. The van der Waals surface area contributed by atoms with Gasteiger partial charge in [0.1, 0.15) is 0 Å². The summed E-state index contributed by atoms with van der Waals surface area (Å²) in [5.41, 5.74) is 4.16. The van der Waals surface area contributed by atoms with Gasteiger partial charge in [-0.3, -0.25) is 4.79 Å².